The van der Waals surface area contributed by atoms with Gasteiger partial charge in [0.25, 0.3) is 0 Å². The van der Waals surface area contributed by atoms with Crippen LogP contribution < -0.4 is 5.32 Å². The van der Waals surface area contributed by atoms with Crippen LogP contribution in [0.1, 0.15) is 17.2 Å². The summed E-state index contributed by atoms with van der Waals surface area (Å²) in [5, 5.41) is 4.74. The van der Waals surface area contributed by atoms with E-state index in [0.717, 1.165) is 26.6 Å². The number of nitrogens with zero attached hydrogens (tertiary/aromatic N) is 1. The molecule has 0 bridgehead atoms. The van der Waals surface area contributed by atoms with Crippen LogP contribution in [0.2, 0.25) is 0 Å². The fourth-order valence-electron chi connectivity index (χ4n) is 2.70. The number of pyridine rings is 1. The molecule has 21 heavy (non-hydrogen) atoms. The van der Waals surface area contributed by atoms with Crippen molar-refractivity contribution in [3.63, 3.8) is 0 Å². The number of fused-ring (bicyclic) bond motifs is 2. The Balaban J connectivity index is 1.79. The first-order chi connectivity index (χ1) is 10.3. The molecule has 1 aromatic heterocycles. The third-order valence-corrected chi connectivity index (χ3v) is 4.46. The molecule has 4 rings (SSSR count). The highest BCUT2D eigenvalue weighted by Crippen LogP contribution is 2.38. The van der Waals surface area contributed by atoms with Crippen molar-refractivity contribution in [2.45, 2.75) is 6.04 Å². The van der Waals surface area contributed by atoms with Gasteiger partial charge in [-0.05, 0) is 35.4 Å². The first-order valence-corrected chi connectivity index (χ1v) is 7.68. The maximum Gasteiger partial charge on any atom is 0.0848 e. The highest BCUT2D eigenvalue weighted by Gasteiger charge is 2.20. The van der Waals surface area contributed by atoms with Crippen molar-refractivity contribution in [2.24, 2.45) is 0 Å². The average Bonchev–Trinajstić information content (AvgIpc) is 2.54. The molecule has 3 heteroatoms. The largest absolute Gasteiger partial charge is 0.373 e. The lowest BCUT2D eigenvalue weighted by atomic mass is 10.00. The van der Waals surface area contributed by atoms with E-state index in [4.69, 9.17) is 0 Å². The summed E-state index contributed by atoms with van der Waals surface area (Å²) in [5.74, 6) is 0. The molecule has 2 nitrogen and oxygen atoms in total. The van der Waals surface area contributed by atoms with Gasteiger partial charge in [0.2, 0.25) is 0 Å². The summed E-state index contributed by atoms with van der Waals surface area (Å²) >= 11 is 3.70. The van der Waals surface area contributed by atoms with Crippen LogP contribution in [0.4, 0.5) is 5.69 Å². The van der Waals surface area contributed by atoms with Crippen LogP contribution in [-0.2, 0) is 0 Å². The van der Waals surface area contributed by atoms with E-state index in [1.165, 1.54) is 5.56 Å². The van der Waals surface area contributed by atoms with Gasteiger partial charge in [0.1, 0.15) is 0 Å². The molecule has 1 N–H and O–H groups in total. The quantitative estimate of drug-likeness (QED) is 0.665. The van der Waals surface area contributed by atoms with E-state index < -0.39 is 0 Å². The fraction of sp³-hybridized carbons (Fsp3) is 0.0556. The van der Waals surface area contributed by atoms with Gasteiger partial charge in [0.15, 0.2) is 0 Å². The lowest BCUT2D eigenvalue weighted by molar-refractivity contribution is 0.960. The fourth-order valence-corrected chi connectivity index (χ4v) is 3.32. The molecule has 1 atom stereocenters. The number of aromatic nitrogens is 1. The van der Waals surface area contributed by atoms with Gasteiger partial charge in [-0.3, -0.25) is 4.98 Å². The average molecular weight is 337 g/mol. The van der Waals surface area contributed by atoms with E-state index in [9.17, 15) is 0 Å². The third kappa shape index (κ3) is 2.24. The molecule has 2 aromatic carbocycles. The van der Waals surface area contributed by atoms with Crippen molar-refractivity contribution in [1.82, 2.24) is 4.98 Å². The van der Waals surface area contributed by atoms with Gasteiger partial charge in [-0.1, -0.05) is 52.3 Å². The van der Waals surface area contributed by atoms with Crippen molar-refractivity contribution in [3.8, 4) is 0 Å². The van der Waals surface area contributed by atoms with Crippen LogP contribution >= 0.6 is 15.9 Å². The van der Waals surface area contributed by atoms with Crippen molar-refractivity contribution < 1.29 is 0 Å². The zero-order valence-electron chi connectivity index (χ0n) is 11.3. The Morgan fingerprint density at radius 3 is 2.76 bits per heavy atom. The minimum Gasteiger partial charge on any atom is -0.373 e. The second-order valence-corrected chi connectivity index (χ2v) is 6.07. The minimum absolute atomic E-state index is 0.108. The van der Waals surface area contributed by atoms with Crippen LogP contribution in [-0.4, -0.2) is 4.98 Å². The SMILES string of the molecule is BrC1=Cc2ccccc2NC1c1cnc2ccccc2c1. The van der Waals surface area contributed by atoms with Gasteiger partial charge >= 0.3 is 0 Å². The molecule has 0 amide bonds. The number of rotatable bonds is 1. The number of anilines is 1. The molecule has 0 aliphatic carbocycles. The van der Waals surface area contributed by atoms with Crippen molar-refractivity contribution in [1.29, 1.82) is 0 Å². The molecule has 0 saturated carbocycles. The Labute approximate surface area is 131 Å². The minimum atomic E-state index is 0.108. The lowest BCUT2D eigenvalue weighted by Crippen LogP contribution is -2.15. The first-order valence-electron chi connectivity index (χ1n) is 6.88. The van der Waals surface area contributed by atoms with Crippen LogP contribution in [0.15, 0.2) is 65.3 Å². The summed E-state index contributed by atoms with van der Waals surface area (Å²) < 4.78 is 1.12. The van der Waals surface area contributed by atoms with Crippen LogP contribution in [0.25, 0.3) is 17.0 Å². The maximum atomic E-state index is 4.56. The Morgan fingerprint density at radius 2 is 1.81 bits per heavy atom. The van der Waals surface area contributed by atoms with E-state index in [1.807, 2.05) is 24.4 Å². The molecule has 1 aliphatic rings. The van der Waals surface area contributed by atoms with E-state index in [-0.39, 0.29) is 6.04 Å². The maximum absolute atomic E-state index is 4.56. The summed E-state index contributed by atoms with van der Waals surface area (Å²) in [7, 11) is 0. The zero-order chi connectivity index (χ0) is 14.2. The van der Waals surface area contributed by atoms with Crippen molar-refractivity contribution >= 4 is 38.6 Å². The van der Waals surface area contributed by atoms with E-state index in [1.54, 1.807) is 0 Å². The standard InChI is InChI=1S/C18H13BrN2/c19-15-10-13-6-2-4-8-17(13)21-18(15)14-9-12-5-1-3-7-16(12)20-11-14/h1-11,18,21H. The van der Waals surface area contributed by atoms with Gasteiger partial charge in [0.05, 0.1) is 11.6 Å². The molecule has 1 unspecified atom stereocenters. The highest BCUT2D eigenvalue weighted by molar-refractivity contribution is 9.11. The summed E-state index contributed by atoms with van der Waals surface area (Å²) in [6, 6.07) is 18.8. The van der Waals surface area contributed by atoms with Gasteiger partial charge in [-0.25, -0.2) is 0 Å². The Hall–Kier alpha value is -2.13. The highest BCUT2D eigenvalue weighted by atomic mass is 79.9. The van der Waals surface area contributed by atoms with Gasteiger partial charge in [-0.15, -0.1) is 0 Å². The van der Waals surface area contributed by atoms with Crippen molar-refractivity contribution in [2.75, 3.05) is 5.32 Å². The van der Waals surface area contributed by atoms with Gasteiger partial charge in [0, 0.05) is 21.8 Å². The van der Waals surface area contributed by atoms with E-state index in [0.29, 0.717) is 0 Å². The van der Waals surface area contributed by atoms with Crippen LogP contribution in [0.5, 0.6) is 0 Å². The molecule has 102 valence electrons. The molecular weight excluding hydrogens is 324 g/mol. The third-order valence-electron chi connectivity index (χ3n) is 3.77. The normalized spacial score (nSPS) is 17.0. The molecule has 0 radical (unpaired) electrons. The van der Waals surface area contributed by atoms with E-state index in [2.05, 4.69) is 68.7 Å². The number of hydrogen-bond donors (Lipinski definition) is 1. The molecule has 3 aromatic rings. The predicted octanol–water partition coefficient (Wildman–Crippen LogP) is 5.14. The lowest BCUT2D eigenvalue weighted by Gasteiger charge is -2.25. The number of benzene rings is 2. The first kappa shape index (κ1) is 12.6. The van der Waals surface area contributed by atoms with Crippen LogP contribution in [0, 0.1) is 0 Å². The second-order valence-electron chi connectivity index (χ2n) is 5.16. The molecular formula is C18H13BrN2. The molecule has 0 fully saturated rings. The second kappa shape index (κ2) is 5.01. The summed E-state index contributed by atoms with van der Waals surface area (Å²) in [4.78, 5) is 4.56. The topological polar surface area (TPSA) is 24.9 Å². The van der Waals surface area contributed by atoms with Gasteiger partial charge < -0.3 is 5.32 Å². The molecule has 0 saturated heterocycles. The van der Waals surface area contributed by atoms with E-state index >= 15 is 0 Å². The number of para-hydroxylation sites is 2. The Kier molecular flexibility index (Phi) is 3.00. The zero-order valence-corrected chi connectivity index (χ0v) is 12.8. The summed E-state index contributed by atoms with van der Waals surface area (Å²) in [6.07, 6.45) is 4.12. The smallest absolute Gasteiger partial charge is 0.0848 e. The molecule has 0 spiro atoms. The van der Waals surface area contributed by atoms with Crippen LogP contribution in [0.3, 0.4) is 0 Å². The van der Waals surface area contributed by atoms with Gasteiger partial charge in [-0.2, -0.15) is 0 Å². The molecule has 2 heterocycles. The Morgan fingerprint density at radius 1 is 1.00 bits per heavy atom. The summed E-state index contributed by atoms with van der Waals surface area (Å²) in [6.45, 7) is 0. The predicted molar refractivity (Wildman–Crippen MR) is 91.5 cm³/mol. The Bertz CT molecular complexity index is 854. The number of halogens is 1. The monoisotopic (exact) mass is 336 g/mol. The number of nitrogens with one attached hydrogen (secondary N) is 1. The number of hydrogen-bond acceptors (Lipinski definition) is 2. The summed E-state index contributed by atoms with van der Waals surface area (Å²) in [5.41, 5.74) is 4.54. The molecule has 1 aliphatic heterocycles. The van der Waals surface area contributed by atoms with Crippen molar-refractivity contribution in [3.05, 3.63) is 76.4 Å².